The highest BCUT2D eigenvalue weighted by Gasteiger charge is 2.60. The second-order valence-electron chi connectivity index (χ2n) is 7.36. The maximum Gasteiger partial charge on any atom is 0.233 e. The molecule has 4 atom stereocenters. The van der Waals surface area contributed by atoms with Crippen LogP contribution in [-0.2, 0) is 14.4 Å². The second kappa shape index (κ2) is 6.58. The van der Waals surface area contributed by atoms with E-state index in [0.717, 1.165) is 19.3 Å². The Balaban J connectivity index is 1.39. The fourth-order valence-corrected chi connectivity index (χ4v) is 5.07. The van der Waals surface area contributed by atoms with Gasteiger partial charge in [0, 0.05) is 18.0 Å². The SMILES string of the molecule is COc1ccc(Cl)cc1NC(=O)CCN1C(=O)[C@@H]2[C@@H]3CC[C@@H](C3)[C@@H]2C1=O. The Labute approximate surface area is 156 Å². The molecule has 138 valence electrons. The average molecular weight is 377 g/mol. The molecule has 26 heavy (non-hydrogen) atoms. The first-order valence-electron chi connectivity index (χ1n) is 8.98. The van der Waals surface area contributed by atoms with Crippen molar-refractivity contribution in [1.29, 1.82) is 0 Å². The van der Waals surface area contributed by atoms with Crippen LogP contribution in [0.25, 0.3) is 0 Å². The van der Waals surface area contributed by atoms with Crippen molar-refractivity contribution < 1.29 is 19.1 Å². The van der Waals surface area contributed by atoms with Crippen LogP contribution >= 0.6 is 11.6 Å². The molecule has 1 aliphatic heterocycles. The number of likely N-dealkylation sites (tertiary alicyclic amines) is 1. The van der Waals surface area contributed by atoms with Crippen LogP contribution in [0.3, 0.4) is 0 Å². The summed E-state index contributed by atoms with van der Waals surface area (Å²) in [5.41, 5.74) is 0.471. The molecular weight excluding hydrogens is 356 g/mol. The van der Waals surface area contributed by atoms with Crippen molar-refractivity contribution in [2.75, 3.05) is 19.0 Å². The smallest absolute Gasteiger partial charge is 0.233 e. The van der Waals surface area contributed by atoms with Gasteiger partial charge < -0.3 is 10.1 Å². The Morgan fingerprint density at radius 2 is 1.88 bits per heavy atom. The lowest BCUT2D eigenvalue weighted by Gasteiger charge is -2.19. The monoisotopic (exact) mass is 376 g/mol. The highest BCUT2D eigenvalue weighted by molar-refractivity contribution is 6.31. The van der Waals surface area contributed by atoms with E-state index in [-0.39, 0.29) is 42.5 Å². The third kappa shape index (κ3) is 2.76. The molecule has 1 heterocycles. The number of fused-ring (bicyclic) bond motifs is 5. The molecule has 1 aromatic carbocycles. The molecule has 3 aliphatic rings. The minimum Gasteiger partial charge on any atom is -0.495 e. The molecule has 0 spiro atoms. The number of benzene rings is 1. The zero-order chi connectivity index (χ0) is 18.4. The van der Waals surface area contributed by atoms with Crippen LogP contribution in [0, 0.1) is 23.7 Å². The van der Waals surface area contributed by atoms with Gasteiger partial charge >= 0.3 is 0 Å². The number of carbonyl (C=O) groups excluding carboxylic acids is 3. The first-order chi connectivity index (χ1) is 12.5. The molecule has 0 unspecified atom stereocenters. The number of anilines is 1. The largest absolute Gasteiger partial charge is 0.495 e. The number of nitrogens with one attached hydrogen (secondary N) is 1. The predicted octanol–water partition coefficient (Wildman–Crippen LogP) is 2.71. The summed E-state index contributed by atoms with van der Waals surface area (Å²) in [6, 6.07) is 4.94. The van der Waals surface area contributed by atoms with Gasteiger partial charge in [0.15, 0.2) is 0 Å². The fraction of sp³-hybridized carbons (Fsp3) is 0.526. The third-order valence-electron chi connectivity index (χ3n) is 6.02. The van der Waals surface area contributed by atoms with Gasteiger partial charge in [0.05, 0.1) is 24.6 Å². The number of rotatable bonds is 5. The van der Waals surface area contributed by atoms with E-state index in [0.29, 0.717) is 28.3 Å². The average Bonchev–Trinajstić information content (AvgIpc) is 3.28. The van der Waals surface area contributed by atoms with Crippen molar-refractivity contribution in [2.45, 2.75) is 25.7 Å². The molecule has 2 saturated carbocycles. The highest BCUT2D eigenvalue weighted by atomic mass is 35.5. The van der Waals surface area contributed by atoms with Gasteiger partial charge in [-0.25, -0.2) is 0 Å². The maximum absolute atomic E-state index is 12.6. The Hall–Kier alpha value is -2.08. The van der Waals surface area contributed by atoms with Crippen LogP contribution < -0.4 is 10.1 Å². The quantitative estimate of drug-likeness (QED) is 0.802. The van der Waals surface area contributed by atoms with Gasteiger partial charge in [0.1, 0.15) is 5.75 Å². The van der Waals surface area contributed by atoms with Crippen LogP contribution in [-0.4, -0.2) is 36.3 Å². The van der Waals surface area contributed by atoms with Gasteiger partial charge in [-0.1, -0.05) is 11.6 Å². The zero-order valence-electron chi connectivity index (χ0n) is 14.5. The van der Waals surface area contributed by atoms with Crippen LogP contribution in [0.1, 0.15) is 25.7 Å². The number of hydrogen-bond acceptors (Lipinski definition) is 4. The summed E-state index contributed by atoms with van der Waals surface area (Å²) in [5.74, 6) is 0.482. The summed E-state index contributed by atoms with van der Waals surface area (Å²) in [6.45, 7) is 0.124. The van der Waals surface area contributed by atoms with Gasteiger partial charge in [-0.3, -0.25) is 19.3 Å². The van der Waals surface area contributed by atoms with Gasteiger partial charge in [0.2, 0.25) is 17.7 Å². The lowest BCUT2D eigenvalue weighted by molar-refractivity contribution is -0.140. The number of hydrogen-bond donors (Lipinski definition) is 1. The molecular formula is C19H21ClN2O4. The summed E-state index contributed by atoms with van der Waals surface area (Å²) in [5, 5.41) is 3.22. The molecule has 2 aliphatic carbocycles. The van der Waals surface area contributed by atoms with Crippen molar-refractivity contribution >= 4 is 35.0 Å². The van der Waals surface area contributed by atoms with E-state index in [4.69, 9.17) is 16.3 Å². The van der Waals surface area contributed by atoms with E-state index in [9.17, 15) is 14.4 Å². The van der Waals surface area contributed by atoms with Crippen molar-refractivity contribution in [2.24, 2.45) is 23.7 Å². The van der Waals surface area contributed by atoms with Crippen molar-refractivity contribution in [3.05, 3.63) is 23.2 Å². The first-order valence-corrected chi connectivity index (χ1v) is 9.36. The standard InChI is InChI=1S/C19H21ClN2O4/c1-26-14-5-4-12(20)9-13(14)21-15(23)6-7-22-18(24)16-10-2-3-11(8-10)17(16)19(22)25/h4-5,9-11,16-17H,2-3,6-8H2,1H3,(H,21,23)/t10-,11+,16-,17+. The molecule has 3 fully saturated rings. The molecule has 3 amide bonds. The van der Waals surface area contributed by atoms with Crippen molar-refractivity contribution in [1.82, 2.24) is 4.90 Å². The van der Waals surface area contributed by atoms with E-state index < -0.39 is 0 Å². The minimum absolute atomic E-state index is 0.0575. The molecule has 2 bridgehead atoms. The van der Waals surface area contributed by atoms with Crippen molar-refractivity contribution in [3.63, 3.8) is 0 Å². The molecule has 6 nitrogen and oxygen atoms in total. The van der Waals surface area contributed by atoms with E-state index >= 15 is 0 Å². The number of nitrogens with zero attached hydrogens (tertiary/aromatic N) is 1. The maximum atomic E-state index is 12.6. The number of amides is 3. The Morgan fingerprint density at radius 1 is 1.23 bits per heavy atom. The predicted molar refractivity (Wildman–Crippen MR) is 95.8 cm³/mol. The lowest BCUT2D eigenvalue weighted by atomic mass is 9.81. The lowest BCUT2D eigenvalue weighted by Crippen LogP contribution is -2.35. The number of imide groups is 1. The van der Waals surface area contributed by atoms with Gasteiger partial charge in [0.25, 0.3) is 0 Å². The van der Waals surface area contributed by atoms with E-state index in [2.05, 4.69) is 5.32 Å². The van der Waals surface area contributed by atoms with Gasteiger partial charge in [-0.05, 0) is 49.3 Å². The molecule has 1 saturated heterocycles. The second-order valence-corrected chi connectivity index (χ2v) is 7.79. The van der Waals surface area contributed by atoms with E-state index in [1.165, 1.54) is 12.0 Å². The highest BCUT2D eigenvalue weighted by Crippen LogP contribution is 2.56. The van der Waals surface area contributed by atoms with Crippen LogP contribution in [0.15, 0.2) is 18.2 Å². The molecule has 1 aromatic rings. The molecule has 4 rings (SSSR count). The number of halogens is 1. The summed E-state index contributed by atoms with van der Waals surface area (Å²) < 4.78 is 5.20. The van der Waals surface area contributed by atoms with E-state index in [1.807, 2.05) is 0 Å². The molecule has 7 heteroatoms. The van der Waals surface area contributed by atoms with Gasteiger partial charge in [-0.15, -0.1) is 0 Å². The fourth-order valence-electron chi connectivity index (χ4n) is 4.89. The molecule has 1 N–H and O–H groups in total. The number of ether oxygens (including phenoxy) is 1. The molecule has 0 aromatic heterocycles. The summed E-state index contributed by atoms with van der Waals surface area (Å²) in [4.78, 5) is 38.9. The Kier molecular flexibility index (Phi) is 4.39. The van der Waals surface area contributed by atoms with Crippen molar-refractivity contribution in [3.8, 4) is 5.75 Å². The zero-order valence-corrected chi connectivity index (χ0v) is 15.3. The third-order valence-corrected chi connectivity index (χ3v) is 6.25. The number of methoxy groups -OCH3 is 1. The normalized spacial score (nSPS) is 29.2. The van der Waals surface area contributed by atoms with E-state index in [1.54, 1.807) is 18.2 Å². The summed E-state index contributed by atoms with van der Waals surface area (Å²) >= 11 is 5.96. The molecule has 0 radical (unpaired) electrons. The number of carbonyl (C=O) groups is 3. The van der Waals surface area contributed by atoms with Crippen LogP contribution in [0.2, 0.25) is 5.02 Å². The Morgan fingerprint density at radius 3 is 2.50 bits per heavy atom. The minimum atomic E-state index is -0.286. The summed E-state index contributed by atoms with van der Waals surface area (Å²) in [6.07, 6.45) is 3.17. The first kappa shape index (κ1) is 17.3. The topological polar surface area (TPSA) is 75.7 Å². The Bertz CT molecular complexity index is 753. The van der Waals surface area contributed by atoms with Gasteiger partial charge in [-0.2, -0.15) is 0 Å². The van der Waals surface area contributed by atoms with Crippen LogP contribution in [0.5, 0.6) is 5.75 Å². The summed E-state index contributed by atoms with van der Waals surface area (Å²) in [7, 11) is 1.51. The van der Waals surface area contributed by atoms with Crippen LogP contribution in [0.4, 0.5) is 5.69 Å².